The van der Waals surface area contributed by atoms with Crippen molar-refractivity contribution >= 4 is 58.2 Å². The number of carbonyl (C=O) groups is 5. The molecule has 0 aromatic carbocycles. The maximum atomic E-state index is 12.8. The van der Waals surface area contributed by atoms with Gasteiger partial charge in [-0.25, -0.2) is 4.79 Å². The molecule has 4 rings (SSSR count). The van der Waals surface area contributed by atoms with Gasteiger partial charge < -0.3 is 10.6 Å². The zero-order chi connectivity index (χ0) is 22.9. The summed E-state index contributed by atoms with van der Waals surface area (Å²) in [5, 5.41) is 6.86. The first-order valence-corrected chi connectivity index (χ1v) is 12.2. The first-order chi connectivity index (χ1) is 15.3. The average molecular weight is 477 g/mol. The van der Waals surface area contributed by atoms with Crippen LogP contribution < -0.4 is 10.6 Å². The van der Waals surface area contributed by atoms with E-state index in [0.717, 1.165) is 39.3 Å². The molecule has 2 N–H and O–H groups in total. The maximum absolute atomic E-state index is 12.8. The second-order valence-corrected chi connectivity index (χ2v) is 10.3. The van der Waals surface area contributed by atoms with E-state index in [2.05, 4.69) is 17.6 Å². The Kier molecular flexibility index (Phi) is 6.38. The number of thioether (sulfide) groups is 1. The van der Waals surface area contributed by atoms with Gasteiger partial charge in [-0.05, 0) is 60.9 Å². The Morgan fingerprint density at radius 1 is 1.25 bits per heavy atom. The van der Waals surface area contributed by atoms with Crippen LogP contribution in [0.5, 0.6) is 0 Å². The van der Waals surface area contributed by atoms with Gasteiger partial charge in [0.15, 0.2) is 0 Å². The first-order valence-electron chi connectivity index (χ1n) is 10.5. The zero-order valence-corrected chi connectivity index (χ0v) is 19.2. The summed E-state index contributed by atoms with van der Waals surface area (Å²) in [4.78, 5) is 65.4. The summed E-state index contributed by atoms with van der Waals surface area (Å²) in [6, 6.07) is 3.16. The second-order valence-electron chi connectivity index (χ2n) is 8.28. The zero-order valence-electron chi connectivity index (χ0n) is 17.6. The number of hydrogen-bond donors (Lipinski definition) is 2. The van der Waals surface area contributed by atoms with Gasteiger partial charge in [-0.1, -0.05) is 13.0 Å². The van der Waals surface area contributed by atoms with Crippen LogP contribution in [0.2, 0.25) is 0 Å². The quantitative estimate of drug-likeness (QED) is 0.481. The van der Waals surface area contributed by atoms with Gasteiger partial charge in [0.25, 0.3) is 17.1 Å². The number of rotatable bonds is 6. The highest BCUT2D eigenvalue weighted by atomic mass is 32.2. The van der Waals surface area contributed by atoms with E-state index in [-0.39, 0.29) is 25.5 Å². The highest BCUT2D eigenvalue weighted by molar-refractivity contribution is 8.18. The molecule has 170 valence electrons. The van der Waals surface area contributed by atoms with Crippen LogP contribution in [0.15, 0.2) is 22.4 Å². The molecule has 3 fully saturated rings. The average Bonchev–Trinajstić information content (AvgIpc) is 3.42. The molecule has 6 amide bonds. The van der Waals surface area contributed by atoms with Crippen LogP contribution in [0, 0.1) is 5.92 Å². The Labute approximate surface area is 193 Å². The van der Waals surface area contributed by atoms with E-state index in [1.807, 2.05) is 17.5 Å². The molecule has 0 bridgehead atoms. The standard InChI is InChI=1S/C21H24N4O5S2/c1-13-4-6-21(7-5-13)18(28)25(19(29)23-21)12-16(26)22-8-9-24-17(27)15(32-20(24)30)11-14-3-2-10-31-14/h2-3,10-11,13H,4-9,12H2,1H3,(H,22,26)(H,23,29)/b15-11-. The summed E-state index contributed by atoms with van der Waals surface area (Å²) in [5.74, 6) is -0.757. The smallest absolute Gasteiger partial charge is 0.325 e. The lowest BCUT2D eigenvalue weighted by Crippen LogP contribution is -2.50. The minimum Gasteiger partial charge on any atom is -0.353 e. The lowest BCUT2D eigenvalue weighted by molar-refractivity contribution is -0.136. The van der Waals surface area contributed by atoms with E-state index >= 15 is 0 Å². The van der Waals surface area contributed by atoms with Crippen LogP contribution in [-0.2, 0) is 14.4 Å². The van der Waals surface area contributed by atoms with Gasteiger partial charge in [0.1, 0.15) is 12.1 Å². The SMILES string of the molecule is CC1CCC2(CC1)NC(=O)N(CC(=O)NCCN1C(=O)S/C(=C\c3cccs3)C1=O)C2=O. The van der Waals surface area contributed by atoms with Crippen LogP contribution in [0.1, 0.15) is 37.5 Å². The van der Waals surface area contributed by atoms with Gasteiger partial charge in [0, 0.05) is 18.0 Å². The number of thiophene rings is 1. The van der Waals surface area contributed by atoms with Crippen LogP contribution >= 0.6 is 23.1 Å². The first kappa shape index (κ1) is 22.5. The third kappa shape index (κ3) is 4.44. The maximum Gasteiger partial charge on any atom is 0.325 e. The van der Waals surface area contributed by atoms with Gasteiger partial charge in [-0.2, -0.15) is 0 Å². The summed E-state index contributed by atoms with van der Waals surface area (Å²) < 4.78 is 0. The minimum absolute atomic E-state index is 0.0140. The highest BCUT2D eigenvalue weighted by Crippen LogP contribution is 2.36. The molecule has 9 nitrogen and oxygen atoms in total. The third-order valence-electron chi connectivity index (χ3n) is 6.02. The fourth-order valence-corrected chi connectivity index (χ4v) is 5.70. The van der Waals surface area contributed by atoms with E-state index in [4.69, 9.17) is 0 Å². The monoisotopic (exact) mass is 476 g/mol. The molecule has 1 spiro atoms. The minimum atomic E-state index is -0.888. The highest BCUT2D eigenvalue weighted by Gasteiger charge is 2.52. The van der Waals surface area contributed by atoms with Crippen LogP contribution in [0.3, 0.4) is 0 Å². The predicted molar refractivity (Wildman–Crippen MR) is 121 cm³/mol. The fraction of sp³-hybridized carbons (Fsp3) is 0.476. The molecule has 3 aliphatic rings. The number of imide groups is 2. The Morgan fingerprint density at radius 2 is 2.00 bits per heavy atom. The van der Waals surface area contributed by atoms with E-state index in [9.17, 15) is 24.0 Å². The van der Waals surface area contributed by atoms with Crippen molar-refractivity contribution in [3.05, 3.63) is 27.3 Å². The largest absolute Gasteiger partial charge is 0.353 e. The molecule has 1 aliphatic carbocycles. The van der Waals surface area contributed by atoms with Crippen LogP contribution in [0.4, 0.5) is 9.59 Å². The Morgan fingerprint density at radius 3 is 2.69 bits per heavy atom. The summed E-state index contributed by atoms with van der Waals surface area (Å²) in [5.41, 5.74) is -0.888. The molecular weight excluding hydrogens is 452 g/mol. The number of nitrogens with one attached hydrogen (secondary N) is 2. The molecule has 32 heavy (non-hydrogen) atoms. The fourth-order valence-electron chi connectivity index (χ4n) is 4.12. The number of nitrogens with zero attached hydrogens (tertiary/aromatic N) is 2. The predicted octanol–water partition coefficient (Wildman–Crippen LogP) is 2.40. The van der Waals surface area contributed by atoms with Gasteiger partial charge in [-0.15, -0.1) is 11.3 Å². The van der Waals surface area contributed by atoms with E-state index in [1.165, 1.54) is 11.3 Å². The third-order valence-corrected chi connectivity index (χ3v) is 7.75. The van der Waals surface area contributed by atoms with Gasteiger partial charge in [0.2, 0.25) is 5.91 Å². The lowest BCUT2D eigenvalue weighted by Gasteiger charge is -2.33. The normalized spacial score (nSPS) is 27.0. The number of amides is 6. The molecule has 0 atom stereocenters. The molecule has 1 aromatic rings. The molecule has 3 heterocycles. The molecule has 1 aromatic heterocycles. The van der Waals surface area contributed by atoms with Crippen molar-refractivity contribution in [2.24, 2.45) is 5.92 Å². The van der Waals surface area contributed by atoms with Gasteiger partial charge in [-0.3, -0.25) is 29.0 Å². The lowest BCUT2D eigenvalue weighted by atomic mass is 9.77. The molecule has 2 saturated heterocycles. The van der Waals surface area contributed by atoms with Crippen molar-refractivity contribution in [2.45, 2.75) is 38.1 Å². The summed E-state index contributed by atoms with van der Waals surface area (Å²) in [6.07, 6.45) is 4.54. The van der Waals surface area contributed by atoms with Crippen molar-refractivity contribution in [1.82, 2.24) is 20.4 Å². The van der Waals surface area contributed by atoms with Gasteiger partial charge in [0.05, 0.1) is 4.91 Å². The van der Waals surface area contributed by atoms with Crippen LogP contribution in [0.25, 0.3) is 6.08 Å². The Bertz CT molecular complexity index is 982. The topological polar surface area (TPSA) is 116 Å². The van der Waals surface area contributed by atoms with Crippen molar-refractivity contribution in [3.8, 4) is 0 Å². The molecule has 0 unspecified atom stereocenters. The van der Waals surface area contributed by atoms with E-state index < -0.39 is 28.6 Å². The summed E-state index contributed by atoms with van der Waals surface area (Å²) >= 11 is 2.33. The van der Waals surface area contributed by atoms with Crippen molar-refractivity contribution in [3.63, 3.8) is 0 Å². The number of hydrogen-bond acceptors (Lipinski definition) is 7. The molecule has 2 aliphatic heterocycles. The van der Waals surface area contributed by atoms with Crippen molar-refractivity contribution < 1.29 is 24.0 Å². The molecule has 0 radical (unpaired) electrons. The number of carbonyl (C=O) groups excluding carboxylic acids is 5. The Hall–Kier alpha value is -2.66. The van der Waals surface area contributed by atoms with Crippen molar-refractivity contribution in [2.75, 3.05) is 19.6 Å². The summed E-state index contributed by atoms with van der Waals surface area (Å²) in [6.45, 7) is 1.78. The second kappa shape index (κ2) is 9.07. The van der Waals surface area contributed by atoms with E-state index in [1.54, 1.807) is 6.08 Å². The molecular formula is C21H24N4O5S2. The van der Waals surface area contributed by atoms with Gasteiger partial charge >= 0.3 is 6.03 Å². The Balaban J connectivity index is 1.27. The van der Waals surface area contributed by atoms with Crippen LogP contribution in [-0.4, -0.2) is 64.0 Å². The molecule has 1 saturated carbocycles. The molecule has 11 heteroatoms. The van der Waals surface area contributed by atoms with Crippen molar-refractivity contribution in [1.29, 1.82) is 0 Å². The summed E-state index contributed by atoms with van der Waals surface area (Å²) in [7, 11) is 0. The number of urea groups is 1. The van der Waals surface area contributed by atoms with E-state index in [0.29, 0.717) is 23.7 Å².